The summed E-state index contributed by atoms with van der Waals surface area (Å²) < 4.78 is 36.1. The Morgan fingerprint density at radius 2 is 2.07 bits per heavy atom. The summed E-state index contributed by atoms with van der Waals surface area (Å²) in [5, 5.41) is 2.74. The van der Waals surface area contributed by atoms with Crippen LogP contribution in [-0.4, -0.2) is 17.2 Å². The van der Waals surface area contributed by atoms with Gasteiger partial charge in [-0.25, -0.2) is 0 Å². The van der Waals surface area contributed by atoms with Crippen LogP contribution in [0.1, 0.15) is 19.0 Å². The van der Waals surface area contributed by atoms with Gasteiger partial charge in [-0.05, 0) is 26.0 Å². The molecule has 84 valence electrons. The maximum absolute atomic E-state index is 12.0. The summed E-state index contributed by atoms with van der Waals surface area (Å²) >= 11 is 0. The molecule has 1 atom stereocenters. The first kappa shape index (κ1) is 11.8. The molecule has 0 spiro atoms. The van der Waals surface area contributed by atoms with Crippen molar-refractivity contribution in [2.24, 2.45) is 0 Å². The Bertz CT molecular complexity index is 305. The molecule has 1 rings (SSSR count). The van der Waals surface area contributed by atoms with Crippen LogP contribution in [0.15, 0.2) is 18.3 Å². The molecule has 0 amide bonds. The summed E-state index contributed by atoms with van der Waals surface area (Å²) in [4.78, 5) is 3.98. The van der Waals surface area contributed by atoms with E-state index in [0.29, 0.717) is 5.69 Å². The Kier molecular flexibility index (Phi) is 3.55. The van der Waals surface area contributed by atoms with Gasteiger partial charge in [-0.3, -0.25) is 4.98 Å². The zero-order valence-electron chi connectivity index (χ0n) is 8.60. The predicted molar refractivity (Wildman–Crippen MR) is 52.7 cm³/mol. The molecule has 0 aliphatic rings. The molecule has 1 N–H and O–H groups in total. The van der Waals surface area contributed by atoms with Crippen molar-refractivity contribution in [3.8, 4) is 0 Å². The van der Waals surface area contributed by atoms with E-state index in [2.05, 4.69) is 10.3 Å². The minimum atomic E-state index is -4.13. The van der Waals surface area contributed by atoms with Crippen LogP contribution < -0.4 is 5.32 Å². The third kappa shape index (κ3) is 4.67. The standard InChI is InChI=1S/C10H13F3N2/c1-7-3-4-9(6-14-7)15-8(2)5-10(11,12)13/h3-4,6,8,15H,5H2,1-2H3. The maximum Gasteiger partial charge on any atom is 0.391 e. The van der Waals surface area contributed by atoms with Gasteiger partial charge in [0.2, 0.25) is 0 Å². The van der Waals surface area contributed by atoms with Crippen molar-refractivity contribution < 1.29 is 13.2 Å². The lowest BCUT2D eigenvalue weighted by molar-refractivity contribution is -0.136. The van der Waals surface area contributed by atoms with Gasteiger partial charge in [-0.15, -0.1) is 0 Å². The van der Waals surface area contributed by atoms with E-state index in [1.54, 1.807) is 12.1 Å². The van der Waals surface area contributed by atoms with Gasteiger partial charge in [0.15, 0.2) is 0 Å². The topological polar surface area (TPSA) is 24.9 Å². The Hall–Kier alpha value is -1.26. The summed E-state index contributed by atoms with van der Waals surface area (Å²) in [5.74, 6) is 0. The van der Waals surface area contributed by atoms with Crippen molar-refractivity contribution in [1.82, 2.24) is 4.98 Å². The van der Waals surface area contributed by atoms with Gasteiger partial charge in [-0.2, -0.15) is 13.2 Å². The zero-order chi connectivity index (χ0) is 11.5. The number of aromatic nitrogens is 1. The van der Waals surface area contributed by atoms with E-state index in [4.69, 9.17) is 0 Å². The molecule has 5 heteroatoms. The minimum Gasteiger partial charge on any atom is -0.381 e. The van der Waals surface area contributed by atoms with Crippen LogP contribution in [0.4, 0.5) is 18.9 Å². The summed E-state index contributed by atoms with van der Waals surface area (Å²) in [7, 11) is 0. The van der Waals surface area contributed by atoms with Crippen molar-refractivity contribution in [3.05, 3.63) is 24.0 Å². The molecule has 1 heterocycles. The fourth-order valence-electron chi connectivity index (χ4n) is 1.24. The first-order valence-electron chi connectivity index (χ1n) is 4.63. The van der Waals surface area contributed by atoms with Crippen LogP contribution >= 0.6 is 0 Å². The summed E-state index contributed by atoms with van der Waals surface area (Å²) in [6.45, 7) is 3.32. The average Bonchev–Trinajstić information content (AvgIpc) is 2.05. The van der Waals surface area contributed by atoms with Crippen LogP contribution in [0.2, 0.25) is 0 Å². The molecule has 0 saturated carbocycles. The van der Waals surface area contributed by atoms with Crippen LogP contribution in [0, 0.1) is 6.92 Å². The highest BCUT2D eigenvalue weighted by Gasteiger charge is 2.29. The summed E-state index contributed by atoms with van der Waals surface area (Å²) in [6.07, 6.45) is -3.45. The third-order valence-electron chi connectivity index (χ3n) is 1.86. The highest BCUT2D eigenvalue weighted by atomic mass is 19.4. The maximum atomic E-state index is 12.0. The van der Waals surface area contributed by atoms with Crippen molar-refractivity contribution in [3.63, 3.8) is 0 Å². The molecule has 0 bridgehead atoms. The molecule has 15 heavy (non-hydrogen) atoms. The summed E-state index contributed by atoms with van der Waals surface area (Å²) in [5.41, 5.74) is 1.45. The molecule has 0 saturated heterocycles. The van der Waals surface area contributed by atoms with Crippen LogP contribution in [0.25, 0.3) is 0 Å². The Morgan fingerprint density at radius 1 is 1.40 bits per heavy atom. The van der Waals surface area contributed by atoms with Gasteiger partial charge in [0.1, 0.15) is 0 Å². The predicted octanol–water partition coefficient (Wildman–Crippen LogP) is 3.14. The van der Waals surface area contributed by atoms with Gasteiger partial charge < -0.3 is 5.32 Å². The number of hydrogen-bond donors (Lipinski definition) is 1. The number of hydrogen-bond acceptors (Lipinski definition) is 2. The molecular weight excluding hydrogens is 205 g/mol. The number of alkyl halides is 3. The molecule has 1 unspecified atom stereocenters. The summed E-state index contributed by atoms with van der Waals surface area (Å²) in [6, 6.07) is 2.83. The first-order chi connectivity index (χ1) is 6.87. The number of anilines is 1. The molecular formula is C10H13F3N2. The van der Waals surface area contributed by atoms with E-state index in [9.17, 15) is 13.2 Å². The number of aryl methyl sites for hydroxylation is 1. The Balaban J connectivity index is 2.51. The number of halogens is 3. The molecule has 0 aliphatic heterocycles. The normalized spacial score (nSPS) is 13.7. The van der Waals surface area contributed by atoms with Crippen LogP contribution in [-0.2, 0) is 0 Å². The molecule has 1 aromatic rings. The quantitative estimate of drug-likeness (QED) is 0.843. The van der Waals surface area contributed by atoms with Gasteiger partial charge in [0, 0.05) is 11.7 Å². The molecule has 0 aromatic carbocycles. The number of nitrogens with zero attached hydrogens (tertiary/aromatic N) is 1. The van der Waals surface area contributed by atoms with Gasteiger partial charge in [0.05, 0.1) is 18.3 Å². The Labute approximate surface area is 86.5 Å². The van der Waals surface area contributed by atoms with Crippen molar-refractivity contribution in [2.45, 2.75) is 32.5 Å². The monoisotopic (exact) mass is 218 g/mol. The van der Waals surface area contributed by atoms with Crippen molar-refractivity contribution in [1.29, 1.82) is 0 Å². The molecule has 2 nitrogen and oxygen atoms in total. The van der Waals surface area contributed by atoms with E-state index in [1.807, 2.05) is 6.92 Å². The minimum absolute atomic E-state index is 0.609. The lowest BCUT2D eigenvalue weighted by Gasteiger charge is -2.16. The smallest absolute Gasteiger partial charge is 0.381 e. The lowest BCUT2D eigenvalue weighted by atomic mass is 10.2. The Morgan fingerprint density at radius 3 is 2.53 bits per heavy atom. The van der Waals surface area contributed by atoms with Gasteiger partial charge in [0.25, 0.3) is 0 Å². The number of rotatable bonds is 3. The van der Waals surface area contributed by atoms with E-state index < -0.39 is 18.6 Å². The second-order valence-corrected chi connectivity index (χ2v) is 3.55. The zero-order valence-corrected chi connectivity index (χ0v) is 8.60. The van der Waals surface area contributed by atoms with Crippen LogP contribution in [0.3, 0.4) is 0 Å². The van der Waals surface area contributed by atoms with E-state index in [0.717, 1.165) is 5.69 Å². The first-order valence-corrected chi connectivity index (χ1v) is 4.63. The number of pyridine rings is 1. The fraction of sp³-hybridized carbons (Fsp3) is 0.500. The average molecular weight is 218 g/mol. The van der Waals surface area contributed by atoms with Crippen LogP contribution in [0.5, 0.6) is 0 Å². The van der Waals surface area contributed by atoms with E-state index >= 15 is 0 Å². The highest BCUT2D eigenvalue weighted by molar-refractivity contribution is 5.41. The van der Waals surface area contributed by atoms with Crippen molar-refractivity contribution >= 4 is 5.69 Å². The second-order valence-electron chi connectivity index (χ2n) is 3.55. The van der Waals surface area contributed by atoms with Crippen molar-refractivity contribution in [2.75, 3.05) is 5.32 Å². The highest BCUT2D eigenvalue weighted by Crippen LogP contribution is 2.23. The molecule has 0 aliphatic carbocycles. The SMILES string of the molecule is Cc1ccc(NC(C)CC(F)(F)F)cn1. The number of nitrogens with one attached hydrogen (secondary N) is 1. The molecule has 1 aromatic heterocycles. The second kappa shape index (κ2) is 4.51. The third-order valence-corrected chi connectivity index (χ3v) is 1.86. The van der Waals surface area contributed by atoms with E-state index in [-0.39, 0.29) is 0 Å². The molecule has 0 fully saturated rings. The van der Waals surface area contributed by atoms with Gasteiger partial charge >= 0.3 is 6.18 Å². The largest absolute Gasteiger partial charge is 0.391 e. The van der Waals surface area contributed by atoms with E-state index in [1.165, 1.54) is 13.1 Å². The lowest BCUT2D eigenvalue weighted by Crippen LogP contribution is -2.23. The fourth-order valence-corrected chi connectivity index (χ4v) is 1.24. The molecule has 0 radical (unpaired) electrons. The van der Waals surface area contributed by atoms with Gasteiger partial charge in [-0.1, -0.05) is 0 Å².